The molecule has 0 saturated heterocycles. The van der Waals surface area contributed by atoms with E-state index >= 15 is 0 Å². The number of hydrogen-bond acceptors (Lipinski definition) is 5. The van der Waals surface area contributed by atoms with Gasteiger partial charge in [-0.25, -0.2) is 0 Å². The third-order valence-corrected chi connectivity index (χ3v) is 2.43. The van der Waals surface area contributed by atoms with E-state index < -0.39 is 0 Å². The Morgan fingerprint density at radius 1 is 1.29 bits per heavy atom. The molecule has 2 rings (SSSR count). The van der Waals surface area contributed by atoms with Crippen LogP contribution in [-0.4, -0.2) is 17.3 Å². The maximum absolute atomic E-state index is 5.28. The van der Waals surface area contributed by atoms with Gasteiger partial charge in [0.1, 0.15) is 5.75 Å². The Morgan fingerprint density at radius 2 is 2.12 bits per heavy atom. The van der Waals surface area contributed by atoms with Crippen LogP contribution >= 0.6 is 0 Å². The molecule has 5 heteroatoms. The van der Waals surface area contributed by atoms with Crippen molar-refractivity contribution in [2.75, 3.05) is 12.4 Å². The zero-order chi connectivity index (χ0) is 12.3. The summed E-state index contributed by atoms with van der Waals surface area (Å²) >= 11 is 0. The summed E-state index contributed by atoms with van der Waals surface area (Å²) in [5.41, 5.74) is 2.14. The van der Waals surface area contributed by atoms with E-state index in [-0.39, 0.29) is 0 Å². The van der Waals surface area contributed by atoms with E-state index in [1.54, 1.807) is 14.0 Å². The van der Waals surface area contributed by atoms with Gasteiger partial charge in [-0.05, 0) is 30.7 Å². The Balaban J connectivity index is 2.04. The van der Waals surface area contributed by atoms with Gasteiger partial charge in [-0.2, -0.15) is 0 Å². The number of aryl methyl sites for hydroxylation is 2. The van der Waals surface area contributed by atoms with Gasteiger partial charge in [-0.1, -0.05) is 0 Å². The number of aromatic nitrogens is 2. The minimum Gasteiger partial charge on any atom is -0.497 e. The largest absolute Gasteiger partial charge is 0.497 e. The summed E-state index contributed by atoms with van der Waals surface area (Å²) in [4.78, 5) is 0. The number of nitrogens with zero attached hydrogens (tertiary/aromatic N) is 2. The second kappa shape index (κ2) is 4.86. The van der Waals surface area contributed by atoms with E-state index in [1.165, 1.54) is 0 Å². The van der Waals surface area contributed by atoms with Gasteiger partial charge in [-0.15, -0.1) is 10.2 Å². The van der Waals surface area contributed by atoms with Gasteiger partial charge in [-0.3, -0.25) is 0 Å². The van der Waals surface area contributed by atoms with E-state index in [1.807, 2.05) is 25.1 Å². The van der Waals surface area contributed by atoms with Crippen molar-refractivity contribution in [2.45, 2.75) is 20.4 Å². The molecule has 0 unspecified atom stereocenters. The second-order valence-electron chi connectivity index (χ2n) is 3.75. The van der Waals surface area contributed by atoms with Gasteiger partial charge < -0.3 is 14.5 Å². The van der Waals surface area contributed by atoms with Gasteiger partial charge in [0.15, 0.2) is 0 Å². The first-order valence-electron chi connectivity index (χ1n) is 5.36. The van der Waals surface area contributed by atoms with Gasteiger partial charge in [0.25, 0.3) is 0 Å². The van der Waals surface area contributed by atoms with Gasteiger partial charge in [0.05, 0.1) is 13.7 Å². The molecule has 0 radical (unpaired) electrons. The van der Waals surface area contributed by atoms with Crippen molar-refractivity contribution in [3.63, 3.8) is 0 Å². The summed E-state index contributed by atoms with van der Waals surface area (Å²) in [5, 5.41) is 10.9. The average Bonchev–Trinajstić information content (AvgIpc) is 2.73. The van der Waals surface area contributed by atoms with Crippen molar-refractivity contribution < 1.29 is 9.15 Å². The van der Waals surface area contributed by atoms with Crippen LogP contribution in [-0.2, 0) is 6.54 Å². The Kier molecular flexibility index (Phi) is 3.27. The molecule has 0 spiro atoms. The minimum absolute atomic E-state index is 0.522. The van der Waals surface area contributed by atoms with Gasteiger partial charge >= 0.3 is 0 Å². The van der Waals surface area contributed by atoms with Crippen LogP contribution in [0.1, 0.15) is 17.3 Å². The molecular weight excluding hydrogens is 218 g/mol. The molecule has 90 valence electrons. The molecule has 0 amide bonds. The number of methoxy groups -OCH3 is 1. The number of anilines is 1. The molecule has 1 aromatic carbocycles. The average molecular weight is 233 g/mol. The number of ether oxygens (including phenoxy) is 1. The maximum atomic E-state index is 5.28. The minimum atomic E-state index is 0.522. The molecule has 17 heavy (non-hydrogen) atoms. The van der Waals surface area contributed by atoms with Crippen LogP contribution in [0, 0.1) is 13.8 Å². The maximum Gasteiger partial charge on any atom is 0.235 e. The van der Waals surface area contributed by atoms with Crippen LogP contribution in [0.3, 0.4) is 0 Å². The molecule has 0 aliphatic heterocycles. The SMILES string of the molecule is COc1ccc(NCc2nnc(C)o2)c(C)c1. The van der Waals surface area contributed by atoms with E-state index in [4.69, 9.17) is 9.15 Å². The van der Waals surface area contributed by atoms with Crippen LogP contribution in [0.5, 0.6) is 5.75 Å². The lowest BCUT2D eigenvalue weighted by Gasteiger charge is -2.09. The lowest BCUT2D eigenvalue weighted by Crippen LogP contribution is -2.01. The highest BCUT2D eigenvalue weighted by Crippen LogP contribution is 2.21. The predicted molar refractivity (Wildman–Crippen MR) is 64.1 cm³/mol. The molecule has 2 aromatic rings. The fraction of sp³-hybridized carbons (Fsp3) is 0.333. The number of rotatable bonds is 4. The molecule has 0 fully saturated rings. The van der Waals surface area contributed by atoms with Crippen LogP contribution in [0.4, 0.5) is 5.69 Å². The summed E-state index contributed by atoms with van der Waals surface area (Å²) < 4.78 is 10.4. The summed E-state index contributed by atoms with van der Waals surface area (Å²) in [6.07, 6.45) is 0. The topological polar surface area (TPSA) is 60.2 Å². The number of hydrogen-bond donors (Lipinski definition) is 1. The lowest BCUT2D eigenvalue weighted by molar-refractivity contribution is 0.414. The van der Waals surface area contributed by atoms with Crippen LogP contribution in [0.15, 0.2) is 22.6 Å². The fourth-order valence-corrected chi connectivity index (χ4v) is 1.54. The standard InChI is InChI=1S/C12H15N3O2/c1-8-6-10(16-3)4-5-11(8)13-7-12-15-14-9(2)17-12/h4-6,13H,7H2,1-3H3. The molecule has 1 N–H and O–H groups in total. The first-order valence-corrected chi connectivity index (χ1v) is 5.36. The van der Waals surface area contributed by atoms with Crippen molar-refractivity contribution in [2.24, 2.45) is 0 Å². The summed E-state index contributed by atoms with van der Waals surface area (Å²) in [6.45, 7) is 4.31. The molecule has 0 saturated carbocycles. The lowest BCUT2D eigenvalue weighted by atomic mass is 10.2. The van der Waals surface area contributed by atoms with E-state index in [0.29, 0.717) is 18.3 Å². The molecule has 0 bridgehead atoms. The van der Waals surface area contributed by atoms with Crippen molar-refractivity contribution in [1.29, 1.82) is 0 Å². The van der Waals surface area contributed by atoms with Gasteiger partial charge in [0, 0.05) is 12.6 Å². The molecule has 5 nitrogen and oxygen atoms in total. The normalized spacial score (nSPS) is 10.3. The quantitative estimate of drug-likeness (QED) is 0.878. The Labute approximate surface area is 99.8 Å². The smallest absolute Gasteiger partial charge is 0.235 e. The van der Waals surface area contributed by atoms with Crippen LogP contribution in [0.25, 0.3) is 0 Å². The summed E-state index contributed by atoms with van der Waals surface area (Å²) in [7, 11) is 1.66. The molecule has 0 atom stereocenters. The highest BCUT2D eigenvalue weighted by Gasteiger charge is 2.04. The Bertz CT molecular complexity index is 508. The van der Waals surface area contributed by atoms with E-state index in [2.05, 4.69) is 15.5 Å². The second-order valence-corrected chi connectivity index (χ2v) is 3.75. The van der Waals surface area contributed by atoms with Crippen molar-refractivity contribution in [1.82, 2.24) is 10.2 Å². The van der Waals surface area contributed by atoms with E-state index in [0.717, 1.165) is 17.0 Å². The summed E-state index contributed by atoms with van der Waals surface area (Å²) in [5.74, 6) is 2.01. The zero-order valence-electron chi connectivity index (χ0n) is 10.2. The van der Waals surface area contributed by atoms with Crippen LogP contribution in [0.2, 0.25) is 0 Å². The Hall–Kier alpha value is -2.04. The predicted octanol–water partition coefficient (Wildman–Crippen LogP) is 2.31. The third kappa shape index (κ3) is 2.75. The number of nitrogens with one attached hydrogen (secondary N) is 1. The number of benzene rings is 1. The molecule has 0 aliphatic carbocycles. The van der Waals surface area contributed by atoms with Crippen LogP contribution < -0.4 is 10.1 Å². The highest BCUT2D eigenvalue weighted by atomic mass is 16.5. The van der Waals surface area contributed by atoms with Gasteiger partial charge in [0.2, 0.25) is 11.8 Å². The first-order chi connectivity index (χ1) is 8.19. The first kappa shape index (κ1) is 11.4. The summed E-state index contributed by atoms with van der Waals surface area (Å²) in [6, 6.07) is 5.85. The Morgan fingerprint density at radius 3 is 2.71 bits per heavy atom. The third-order valence-electron chi connectivity index (χ3n) is 2.43. The van der Waals surface area contributed by atoms with Crippen molar-refractivity contribution >= 4 is 5.69 Å². The van der Waals surface area contributed by atoms with Crippen molar-refractivity contribution in [3.8, 4) is 5.75 Å². The molecule has 1 aromatic heterocycles. The molecule has 1 heterocycles. The fourth-order valence-electron chi connectivity index (χ4n) is 1.54. The molecule has 0 aliphatic rings. The molecular formula is C12H15N3O2. The zero-order valence-corrected chi connectivity index (χ0v) is 10.2. The monoisotopic (exact) mass is 233 g/mol. The van der Waals surface area contributed by atoms with E-state index in [9.17, 15) is 0 Å². The van der Waals surface area contributed by atoms with Crippen molar-refractivity contribution in [3.05, 3.63) is 35.5 Å². The highest BCUT2D eigenvalue weighted by molar-refractivity contribution is 5.53.